The number of aliphatic hydroxyl groups excluding tert-OH is 1. The molecule has 2 unspecified atom stereocenters. The molecule has 1 aliphatic heterocycles. The molecule has 20 heavy (non-hydrogen) atoms. The zero-order valence-corrected chi connectivity index (χ0v) is 12.8. The highest BCUT2D eigenvalue weighted by Gasteiger charge is 2.29. The van der Waals surface area contributed by atoms with Gasteiger partial charge in [0.2, 0.25) is 0 Å². The van der Waals surface area contributed by atoms with E-state index in [1.807, 2.05) is 0 Å². The summed E-state index contributed by atoms with van der Waals surface area (Å²) in [5.74, 6) is 0.111. The van der Waals surface area contributed by atoms with Gasteiger partial charge >= 0.3 is 0 Å². The van der Waals surface area contributed by atoms with Gasteiger partial charge in [-0.3, -0.25) is 4.79 Å². The highest BCUT2D eigenvalue weighted by molar-refractivity contribution is 9.10. The molecule has 1 heterocycles. The van der Waals surface area contributed by atoms with Gasteiger partial charge in [-0.05, 0) is 47.5 Å². The predicted octanol–water partition coefficient (Wildman–Crippen LogP) is 2.20. The molecule has 1 aromatic carbocycles. The number of amides is 1. The Morgan fingerprint density at radius 1 is 1.65 bits per heavy atom. The van der Waals surface area contributed by atoms with Gasteiger partial charge in [0.15, 0.2) is 6.10 Å². The molecule has 0 bridgehead atoms. The van der Waals surface area contributed by atoms with Crippen molar-refractivity contribution >= 4 is 21.8 Å². The van der Waals surface area contributed by atoms with Gasteiger partial charge in [0.1, 0.15) is 11.6 Å². The summed E-state index contributed by atoms with van der Waals surface area (Å²) in [7, 11) is 0. The first-order valence-corrected chi connectivity index (χ1v) is 7.32. The molecule has 0 aliphatic carbocycles. The third-order valence-corrected chi connectivity index (χ3v) is 4.02. The molecule has 1 aliphatic rings. The zero-order chi connectivity index (χ0) is 14.7. The SMILES string of the molecule is CC(Oc1ccc(F)cc1Br)C(=O)N1CCC(CO)C1. The second-order valence-corrected chi connectivity index (χ2v) is 5.81. The normalized spacial score (nSPS) is 20.0. The minimum absolute atomic E-state index is 0.0997. The van der Waals surface area contributed by atoms with Crippen molar-refractivity contribution in [3.63, 3.8) is 0 Å². The van der Waals surface area contributed by atoms with Crippen LogP contribution in [0.15, 0.2) is 22.7 Å². The van der Waals surface area contributed by atoms with Crippen molar-refractivity contribution in [1.29, 1.82) is 0 Å². The predicted molar refractivity (Wildman–Crippen MR) is 76.0 cm³/mol. The molecule has 1 amide bonds. The first-order valence-electron chi connectivity index (χ1n) is 6.52. The number of nitrogens with zero attached hydrogens (tertiary/aromatic N) is 1. The summed E-state index contributed by atoms with van der Waals surface area (Å²) in [5.41, 5.74) is 0. The quantitative estimate of drug-likeness (QED) is 0.909. The first kappa shape index (κ1) is 15.3. The van der Waals surface area contributed by atoms with Gasteiger partial charge in [0.25, 0.3) is 5.91 Å². The third-order valence-electron chi connectivity index (χ3n) is 3.40. The minimum Gasteiger partial charge on any atom is -0.480 e. The summed E-state index contributed by atoms with van der Waals surface area (Å²) in [6.45, 7) is 2.98. The highest BCUT2D eigenvalue weighted by Crippen LogP contribution is 2.27. The topological polar surface area (TPSA) is 49.8 Å². The maximum absolute atomic E-state index is 13.0. The van der Waals surface area contributed by atoms with Crippen molar-refractivity contribution < 1.29 is 19.0 Å². The fourth-order valence-corrected chi connectivity index (χ4v) is 2.69. The van der Waals surface area contributed by atoms with Gasteiger partial charge in [-0.1, -0.05) is 0 Å². The summed E-state index contributed by atoms with van der Waals surface area (Å²) in [4.78, 5) is 13.9. The Morgan fingerprint density at radius 2 is 2.40 bits per heavy atom. The molecule has 4 nitrogen and oxygen atoms in total. The van der Waals surface area contributed by atoms with E-state index in [1.165, 1.54) is 18.2 Å². The van der Waals surface area contributed by atoms with Gasteiger partial charge in [-0.2, -0.15) is 0 Å². The largest absolute Gasteiger partial charge is 0.480 e. The number of carbonyl (C=O) groups excluding carboxylic acids is 1. The van der Waals surface area contributed by atoms with Gasteiger partial charge in [-0.25, -0.2) is 4.39 Å². The summed E-state index contributed by atoms with van der Waals surface area (Å²) >= 11 is 3.21. The average Bonchev–Trinajstić information content (AvgIpc) is 2.89. The fraction of sp³-hybridized carbons (Fsp3) is 0.500. The van der Waals surface area contributed by atoms with Crippen LogP contribution in [0.5, 0.6) is 5.75 Å². The van der Waals surface area contributed by atoms with E-state index >= 15 is 0 Å². The van der Waals surface area contributed by atoms with Gasteiger partial charge in [0.05, 0.1) is 4.47 Å². The van der Waals surface area contributed by atoms with E-state index < -0.39 is 6.10 Å². The van der Waals surface area contributed by atoms with E-state index in [-0.39, 0.29) is 24.2 Å². The second kappa shape index (κ2) is 6.54. The number of carbonyl (C=O) groups is 1. The second-order valence-electron chi connectivity index (χ2n) is 4.96. The van der Waals surface area contributed by atoms with Crippen LogP contribution in [0.2, 0.25) is 0 Å². The van der Waals surface area contributed by atoms with E-state index in [1.54, 1.807) is 11.8 Å². The number of benzene rings is 1. The maximum atomic E-state index is 13.0. The molecule has 0 aromatic heterocycles. The molecule has 2 rings (SSSR count). The lowest BCUT2D eigenvalue weighted by Crippen LogP contribution is -2.39. The number of ether oxygens (including phenoxy) is 1. The van der Waals surface area contributed by atoms with Crippen LogP contribution in [0.3, 0.4) is 0 Å². The van der Waals surface area contributed by atoms with E-state index in [4.69, 9.17) is 9.84 Å². The third kappa shape index (κ3) is 3.49. The van der Waals surface area contributed by atoms with Crippen LogP contribution in [0.4, 0.5) is 4.39 Å². The van der Waals surface area contributed by atoms with Crippen molar-refractivity contribution in [2.45, 2.75) is 19.4 Å². The number of halogens is 2. The lowest BCUT2D eigenvalue weighted by Gasteiger charge is -2.22. The molecule has 0 radical (unpaired) electrons. The molecule has 110 valence electrons. The maximum Gasteiger partial charge on any atom is 0.263 e. The molecule has 1 saturated heterocycles. The van der Waals surface area contributed by atoms with Crippen molar-refractivity contribution in [1.82, 2.24) is 4.90 Å². The smallest absolute Gasteiger partial charge is 0.263 e. The number of aliphatic hydroxyl groups is 1. The molecule has 1 N–H and O–H groups in total. The molecule has 0 saturated carbocycles. The van der Waals surface area contributed by atoms with E-state index in [0.717, 1.165) is 6.42 Å². The van der Waals surface area contributed by atoms with Gasteiger partial charge in [-0.15, -0.1) is 0 Å². The van der Waals surface area contributed by atoms with Crippen LogP contribution >= 0.6 is 15.9 Å². The summed E-state index contributed by atoms with van der Waals surface area (Å²) in [6.07, 6.45) is 0.170. The Hall–Kier alpha value is -1.14. The van der Waals surface area contributed by atoms with Crippen molar-refractivity contribution in [3.05, 3.63) is 28.5 Å². The number of hydrogen-bond donors (Lipinski definition) is 1. The Bertz CT molecular complexity index is 497. The van der Waals surface area contributed by atoms with Crippen LogP contribution in [-0.4, -0.2) is 41.7 Å². The molecule has 1 aromatic rings. The van der Waals surface area contributed by atoms with Crippen molar-refractivity contribution in [2.24, 2.45) is 5.92 Å². The zero-order valence-electron chi connectivity index (χ0n) is 11.2. The van der Waals surface area contributed by atoms with Crippen LogP contribution in [0.1, 0.15) is 13.3 Å². The molecular formula is C14H17BrFNO3. The first-order chi connectivity index (χ1) is 9.51. The summed E-state index contributed by atoms with van der Waals surface area (Å²) in [5, 5.41) is 9.09. The van der Waals surface area contributed by atoms with Gasteiger partial charge in [0, 0.05) is 25.6 Å². The van der Waals surface area contributed by atoms with E-state index in [2.05, 4.69) is 15.9 Å². The lowest BCUT2D eigenvalue weighted by atomic mass is 10.1. The summed E-state index contributed by atoms with van der Waals surface area (Å²) < 4.78 is 19.0. The van der Waals surface area contributed by atoms with Crippen LogP contribution in [-0.2, 0) is 4.79 Å². The molecule has 1 fully saturated rings. The standard InChI is InChI=1S/C14H17BrFNO3/c1-9(14(19)17-5-4-10(7-17)8-18)20-13-3-2-11(16)6-12(13)15/h2-3,6,9-10,18H,4-5,7-8H2,1H3. The minimum atomic E-state index is -0.644. The Balaban J connectivity index is 1.97. The molecule has 2 atom stereocenters. The number of hydrogen-bond acceptors (Lipinski definition) is 3. The Morgan fingerprint density at radius 3 is 3.00 bits per heavy atom. The molecule has 6 heteroatoms. The molecule has 0 spiro atoms. The molecular weight excluding hydrogens is 329 g/mol. The Labute approximate surface area is 125 Å². The summed E-state index contributed by atoms with van der Waals surface area (Å²) in [6, 6.07) is 4.07. The fourth-order valence-electron chi connectivity index (χ4n) is 2.25. The van der Waals surface area contributed by atoms with Crippen LogP contribution in [0.25, 0.3) is 0 Å². The van der Waals surface area contributed by atoms with Crippen molar-refractivity contribution in [3.8, 4) is 5.75 Å². The highest BCUT2D eigenvalue weighted by atomic mass is 79.9. The number of rotatable bonds is 4. The number of likely N-dealkylation sites (tertiary alicyclic amines) is 1. The lowest BCUT2D eigenvalue weighted by molar-refractivity contribution is -0.137. The van der Waals surface area contributed by atoms with E-state index in [9.17, 15) is 9.18 Å². The van der Waals surface area contributed by atoms with Crippen LogP contribution in [0, 0.1) is 11.7 Å². The van der Waals surface area contributed by atoms with Gasteiger partial charge < -0.3 is 14.7 Å². The Kier molecular flexibility index (Phi) is 4.99. The van der Waals surface area contributed by atoms with Crippen LogP contribution < -0.4 is 4.74 Å². The average molecular weight is 346 g/mol. The monoisotopic (exact) mass is 345 g/mol. The van der Waals surface area contributed by atoms with E-state index in [0.29, 0.717) is 23.3 Å². The van der Waals surface area contributed by atoms with Crippen molar-refractivity contribution in [2.75, 3.05) is 19.7 Å².